The highest BCUT2D eigenvalue weighted by atomic mass is 32.2. The van der Waals surface area contributed by atoms with Gasteiger partial charge in [0.1, 0.15) is 10.6 Å². The molecule has 2 aromatic rings. The number of ether oxygens (including phenoxy) is 1. The van der Waals surface area contributed by atoms with Gasteiger partial charge in [-0.15, -0.1) is 0 Å². The van der Waals surface area contributed by atoms with Crippen molar-refractivity contribution < 1.29 is 17.9 Å². The zero-order chi connectivity index (χ0) is 22.5. The first-order valence-electron chi connectivity index (χ1n) is 9.76. The monoisotopic (exact) mass is 433 g/mol. The average molecular weight is 434 g/mol. The summed E-state index contributed by atoms with van der Waals surface area (Å²) in [7, 11) is 1.48. The maximum absolute atomic E-state index is 12.8. The molecule has 164 valence electrons. The molecule has 2 aromatic carbocycles. The summed E-state index contributed by atoms with van der Waals surface area (Å²) in [5.74, 6) is -0.164. The molecule has 8 heteroatoms. The van der Waals surface area contributed by atoms with Crippen LogP contribution in [0, 0.1) is 6.92 Å². The summed E-state index contributed by atoms with van der Waals surface area (Å²) in [4.78, 5) is 14.7. The molecule has 2 rings (SSSR count). The van der Waals surface area contributed by atoms with E-state index in [4.69, 9.17) is 4.74 Å². The Morgan fingerprint density at radius 2 is 1.73 bits per heavy atom. The summed E-state index contributed by atoms with van der Waals surface area (Å²) < 4.78 is 33.0. The van der Waals surface area contributed by atoms with Crippen LogP contribution in [-0.4, -0.2) is 53.0 Å². The van der Waals surface area contributed by atoms with E-state index in [0.29, 0.717) is 6.54 Å². The Morgan fingerprint density at radius 3 is 2.27 bits per heavy atom. The SMILES string of the molecule is COc1ccc(C(=O)NCC(c2ccc(C)cc2)N(C)C)cc1S(=O)(=O)NC(C)C. The number of benzene rings is 2. The molecule has 0 fully saturated rings. The van der Waals surface area contributed by atoms with Gasteiger partial charge in [0, 0.05) is 18.2 Å². The van der Waals surface area contributed by atoms with Crippen LogP contribution in [0.5, 0.6) is 5.75 Å². The van der Waals surface area contributed by atoms with Crippen molar-refractivity contribution in [3.63, 3.8) is 0 Å². The number of hydrogen-bond acceptors (Lipinski definition) is 5. The van der Waals surface area contributed by atoms with Crippen molar-refractivity contribution in [1.29, 1.82) is 0 Å². The molecule has 1 unspecified atom stereocenters. The summed E-state index contributed by atoms with van der Waals surface area (Å²) in [6, 6.07) is 12.3. The van der Waals surface area contributed by atoms with Crippen LogP contribution >= 0.6 is 0 Å². The fourth-order valence-corrected chi connectivity index (χ4v) is 4.53. The Labute approximate surface area is 179 Å². The highest BCUT2D eigenvalue weighted by Gasteiger charge is 2.23. The Morgan fingerprint density at radius 1 is 1.10 bits per heavy atom. The number of carbonyl (C=O) groups is 1. The van der Waals surface area contributed by atoms with Crippen molar-refractivity contribution in [3.05, 3.63) is 59.2 Å². The Balaban J connectivity index is 2.24. The number of sulfonamides is 1. The van der Waals surface area contributed by atoms with Crippen LogP contribution in [0.2, 0.25) is 0 Å². The van der Waals surface area contributed by atoms with E-state index in [2.05, 4.69) is 10.0 Å². The Bertz CT molecular complexity index is 970. The second-order valence-corrected chi connectivity index (χ2v) is 9.42. The second-order valence-electron chi connectivity index (χ2n) is 7.74. The van der Waals surface area contributed by atoms with Gasteiger partial charge in [0.2, 0.25) is 10.0 Å². The van der Waals surface area contributed by atoms with E-state index < -0.39 is 10.0 Å². The van der Waals surface area contributed by atoms with Gasteiger partial charge in [0.05, 0.1) is 13.2 Å². The molecule has 0 aliphatic carbocycles. The van der Waals surface area contributed by atoms with Crippen LogP contribution < -0.4 is 14.8 Å². The third kappa shape index (κ3) is 6.04. The molecule has 2 N–H and O–H groups in total. The minimum Gasteiger partial charge on any atom is -0.495 e. The number of methoxy groups -OCH3 is 1. The fourth-order valence-electron chi connectivity index (χ4n) is 3.08. The highest BCUT2D eigenvalue weighted by molar-refractivity contribution is 7.89. The smallest absolute Gasteiger partial charge is 0.251 e. The molecule has 1 atom stereocenters. The van der Waals surface area contributed by atoms with E-state index in [1.54, 1.807) is 19.9 Å². The summed E-state index contributed by atoms with van der Waals surface area (Å²) in [5, 5.41) is 2.91. The van der Waals surface area contributed by atoms with Gasteiger partial charge in [0.25, 0.3) is 5.91 Å². The standard InChI is InChI=1S/C22H31N3O4S/c1-15(2)24-30(27,28)21-13-18(11-12-20(21)29-6)22(26)23-14-19(25(4)5)17-9-7-16(3)8-10-17/h7-13,15,19,24H,14H2,1-6H3,(H,23,26). The third-order valence-corrected chi connectivity index (χ3v) is 6.33. The van der Waals surface area contributed by atoms with Crippen LogP contribution in [-0.2, 0) is 10.0 Å². The van der Waals surface area contributed by atoms with Gasteiger partial charge in [-0.2, -0.15) is 0 Å². The average Bonchev–Trinajstić information content (AvgIpc) is 2.67. The van der Waals surface area contributed by atoms with Crippen molar-refractivity contribution in [2.75, 3.05) is 27.7 Å². The van der Waals surface area contributed by atoms with Gasteiger partial charge in [-0.25, -0.2) is 13.1 Å². The number of rotatable bonds is 9. The highest BCUT2D eigenvalue weighted by Crippen LogP contribution is 2.25. The zero-order valence-electron chi connectivity index (χ0n) is 18.4. The van der Waals surface area contributed by atoms with Gasteiger partial charge in [0.15, 0.2) is 0 Å². The maximum atomic E-state index is 12.8. The lowest BCUT2D eigenvalue weighted by Crippen LogP contribution is -2.35. The number of nitrogens with one attached hydrogen (secondary N) is 2. The Hall–Kier alpha value is -2.42. The van der Waals surface area contributed by atoms with Crippen molar-refractivity contribution >= 4 is 15.9 Å². The molecule has 0 aliphatic rings. The summed E-state index contributed by atoms with van der Waals surface area (Å²) in [6.45, 7) is 5.87. The van der Waals surface area contributed by atoms with Gasteiger partial charge in [-0.05, 0) is 58.6 Å². The molecule has 30 heavy (non-hydrogen) atoms. The molecule has 0 bridgehead atoms. The van der Waals surface area contributed by atoms with Crippen LogP contribution in [0.25, 0.3) is 0 Å². The quantitative estimate of drug-likeness (QED) is 0.635. The second kappa shape index (κ2) is 10.1. The molecule has 7 nitrogen and oxygen atoms in total. The first-order chi connectivity index (χ1) is 14.0. The van der Waals surface area contributed by atoms with E-state index in [9.17, 15) is 13.2 Å². The molecule has 1 amide bonds. The number of amides is 1. The summed E-state index contributed by atoms with van der Waals surface area (Å²) in [6.07, 6.45) is 0. The summed E-state index contributed by atoms with van der Waals surface area (Å²) >= 11 is 0. The maximum Gasteiger partial charge on any atom is 0.251 e. The lowest BCUT2D eigenvalue weighted by Gasteiger charge is -2.25. The minimum atomic E-state index is -3.81. The molecule has 0 heterocycles. The topological polar surface area (TPSA) is 87.7 Å². The molecule has 0 spiro atoms. The van der Waals surface area contributed by atoms with Gasteiger partial charge in [-0.3, -0.25) is 4.79 Å². The number of nitrogens with zero attached hydrogens (tertiary/aromatic N) is 1. The zero-order valence-corrected chi connectivity index (χ0v) is 19.2. The number of likely N-dealkylation sites (N-methyl/N-ethyl adjacent to an activating group) is 1. The molecule has 0 saturated heterocycles. The predicted octanol–water partition coefficient (Wildman–Crippen LogP) is 2.72. The Kier molecular flexibility index (Phi) is 8.00. The van der Waals surface area contributed by atoms with Crippen molar-refractivity contribution in [1.82, 2.24) is 14.9 Å². The number of carbonyl (C=O) groups excluding carboxylic acids is 1. The molecular formula is C22H31N3O4S. The fraction of sp³-hybridized carbons (Fsp3) is 0.409. The molecule has 0 saturated carbocycles. The molecule has 0 radical (unpaired) electrons. The van der Waals surface area contributed by atoms with Crippen molar-refractivity contribution in [2.24, 2.45) is 0 Å². The van der Waals surface area contributed by atoms with E-state index in [0.717, 1.165) is 5.56 Å². The normalized spacial score (nSPS) is 12.8. The van der Waals surface area contributed by atoms with Crippen LogP contribution in [0.15, 0.2) is 47.4 Å². The molecule has 0 aliphatic heterocycles. The first kappa shape index (κ1) is 23.9. The van der Waals surface area contributed by atoms with Gasteiger partial charge >= 0.3 is 0 Å². The van der Waals surface area contributed by atoms with E-state index >= 15 is 0 Å². The largest absolute Gasteiger partial charge is 0.495 e. The van der Waals surface area contributed by atoms with E-state index in [-0.39, 0.29) is 34.2 Å². The summed E-state index contributed by atoms with van der Waals surface area (Å²) in [5.41, 5.74) is 2.51. The van der Waals surface area contributed by atoms with Gasteiger partial charge in [-0.1, -0.05) is 29.8 Å². The number of hydrogen-bond donors (Lipinski definition) is 2. The van der Waals surface area contributed by atoms with Crippen LogP contribution in [0.1, 0.15) is 41.4 Å². The molecular weight excluding hydrogens is 402 g/mol. The number of aryl methyl sites for hydroxylation is 1. The van der Waals surface area contributed by atoms with Crippen molar-refractivity contribution in [2.45, 2.75) is 37.8 Å². The lowest BCUT2D eigenvalue weighted by atomic mass is 10.0. The van der Waals surface area contributed by atoms with E-state index in [1.165, 1.54) is 24.8 Å². The minimum absolute atomic E-state index is 0.0152. The van der Waals surface area contributed by atoms with Crippen molar-refractivity contribution in [3.8, 4) is 5.75 Å². The third-order valence-electron chi connectivity index (χ3n) is 4.65. The predicted molar refractivity (Wildman–Crippen MR) is 118 cm³/mol. The first-order valence-corrected chi connectivity index (χ1v) is 11.2. The molecule has 0 aromatic heterocycles. The van der Waals surface area contributed by atoms with Gasteiger partial charge < -0.3 is 15.0 Å². The van der Waals surface area contributed by atoms with Crippen LogP contribution in [0.4, 0.5) is 0 Å². The van der Waals surface area contributed by atoms with E-state index in [1.807, 2.05) is 50.2 Å². The lowest BCUT2D eigenvalue weighted by molar-refractivity contribution is 0.0941. The van der Waals surface area contributed by atoms with Crippen LogP contribution in [0.3, 0.4) is 0 Å².